The Morgan fingerprint density at radius 3 is 2.35 bits per heavy atom. The van der Waals surface area contributed by atoms with Crippen LogP contribution in [0.4, 0.5) is 11.4 Å². The maximum atomic E-state index is 13.3. The zero-order valence-corrected chi connectivity index (χ0v) is 24.8. The number of ether oxygens (including phenoxy) is 2. The third-order valence-corrected chi connectivity index (χ3v) is 6.91. The van der Waals surface area contributed by atoms with E-state index < -0.39 is 0 Å². The number of aryl methyl sites for hydroxylation is 1. The van der Waals surface area contributed by atoms with Gasteiger partial charge in [0.05, 0.1) is 13.2 Å². The number of pyridine rings is 1. The van der Waals surface area contributed by atoms with Crippen molar-refractivity contribution in [3.8, 4) is 17.0 Å². The van der Waals surface area contributed by atoms with Gasteiger partial charge in [0.15, 0.2) is 0 Å². The van der Waals surface area contributed by atoms with E-state index in [0.29, 0.717) is 48.0 Å². The fourth-order valence-electron chi connectivity index (χ4n) is 4.56. The molecule has 0 aliphatic heterocycles. The number of amides is 2. The minimum absolute atomic E-state index is 0.186. The van der Waals surface area contributed by atoms with E-state index in [1.165, 1.54) is 4.90 Å². The van der Waals surface area contributed by atoms with Gasteiger partial charge < -0.3 is 19.7 Å². The zero-order chi connectivity index (χ0) is 30.6. The minimum Gasteiger partial charge on any atom is -0.476 e. The Morgan fingerprint density at radius 2 is 1.60 bits per heavy atom. The van der Waals surface area contributed by atoms with E-state index in [-0.39, 0.29) is 17.8 Å². The standard InChI is InChI=1S/C35H37N3O5/c1-4-42-32(39)14-6-5-9-24-43-34-31(13-10-23-36-34)38(3)35(41)27-19-21-28(22-20-27)37-33(40)30-12-8-7-11-29(30)26-17-15-25(2)16-18-26/h7-8,10-13,15-23H,4-6,9,14,24H2,1-3H3,(H,37,40). The number of carbonyl (C=O) groups excluding carboxylic acids is 3. The van der Waals surface area contributed by atoms with Crippen molar-refractivity contribution in [3.05, 3.63) is 108 Å². The van der Waals surface area contributed by atoms with Crippen molar-refractivity contribution in [2.24, 2.45) is 0 Å². The maximum Gasteiger partial charge on any atom is 0.305 e. The van der Waals surface area contributed by atoms with Gasteiger partial charge in [-0.15, -0.1) is 0 Å². The molecule has 2 amide bonds. The first-order valence-electron chi connectivity index (χ1n) is 14.5. The highest BCUT2D eigenvalue weighted by Crippen LogP contribution is 2.27. The van der Waals surface area contributed by atoms with Gasteiger partial charge in [0.2, 0.25) is 5.88 Å². The zero-order valence-electron chi connectivity index (χ0n) is 24.8. The third kappa shape index (κ3) is 8.52. The van der Waals surface area contributed by atoms with Gasteiger partial charge in [-0.2, -0.15) is 0 Å². The highest BCUT2D eigenvalue weighted by atomic mass is 16.5. The topological polar surface area (TPSA) is 97.8 Å². The molecule has 8 nitrogen and oxygen atoms in total. The molecule has 43 heavy (non-hydrogen) atoms. The van der Waals surface area contributed by atoms with E-state index in [1.54, 1.807) is 62.6 Å². The second-order valence-electron chi connectivity index (χ2n) is 10.1. The maximum absolute atomic E-state index is 13.3. The van der Waals surface area contributed by atoms with Crippen molar-refractivity contribution in [2.75, 3.05) is 30.5 Å². The van der Waals surface area contributed by atoms with Gasteiger partial charge in [-0.3, -0.25) is 14.4 Å². The molecule has 0 spiro atoms. The predicted octanol–water partition coefficient (Wildman–Crippen LogP) is 7.09. The van der Waals surface area contributed by atoms with Crippen molar-refractivity contribution in [1.82, 2.24) is 4.98 Å². The Kier molecular flexibility index (Phi) is 11.0. The van der Waals surface area contributed by atoms with Gasteiger partial charge in [0.25, 0.3) is 11.8 Å². The number of hydrogen-bond acceptors (Lipinski definition) is 6. The number of rotatable bonds is 13. The van der Waals surface area contributed by atoms with E-state index in [2.05, 4.69) is 10.3 Å². The van der Waals surface area contributed by atoms with E-state index in [1.807, 2.05) is 49.4 Å². The minimum atomic E-state index is -0.241. The van der Waals surface area contributed by atoms with Crippen LogP contribution >= 0.6 is 0 Å². The first-order valence-corrected chi connectivity index (χ1v) is 14.5. The number of aromatic nitrogens is 1. The number of nitrogens with one attached hydrogen (secondary N) is 1. The second kappa shape index (κ2) is 15.3. The summed E-state index contributed by atoms with van der Waals surface area (Å²) in [5, 5.41) is 2.95. The van der Waals surface area contributed by atoms with Crippen LogP contribution in [-0.4, -0.2) is 43.0 Å². The number of esters is 1. The molecule has 1 N–H and O–H groups in total. The predicted molar refractivity (Wildman–Crippen MR) is 169 cm³/mol. The molecule has 0 aliphatic rings. The van der Waals surface area contributed by atoms with Crippen LogP contribution in [0.15, 0.2) is 91.1 Å². The molecule has 0 radical (unpaired) electrons. The van der Waals surface area contributed by atoms with Crippen LogP contribution in [0, 0.1) is 6.92 Å². The number of anilines is 2. The first kappa shape index (κ1) is 31.0. The van der Waals surface area contributed by atoms with E-state index in [9.17, 15) is 14.4 Å². The largest absolute Gasteiger partial charge is 0.476 e. The van der Waals surface area contributed by atoms with Gasteiger partial charge >= 0.3 is 5.97 Å². The summed E-state index contributed by atoms with van der Waals surface area (Å²) in [7, 11) is 1.67. The summed E-state index contributed by atoms with van der Waals surface area (Å²) in [6.07, 6.45) is 4.30. The lowest BCUT2D eigenvalue weighted by Gasteiger charge is -2.20. The van der Waals surface area contributed by atoms with Crippen LogP contribution in [0.3, 0.4) is 0 Å². The van der Waals surface area contributed by atoms with Crippen LogP contribution in [0.2, 0.25) is 0 Å². The summed E-state index contributed by atoms with van der Waals surface area (Å²) in [5.74, 6) is -0.297. The summed E-state index contributed by atoms with van der Waals surface area (Å²) in [6.45, 7) is 4.62. The molecule has 3 aromatic carbocycles. The smallest absolute Gasteiger partial charge is 0.305 e. The number of nitrogens with zero attached hydrogens (tertiary/aromatic N) is 2. The average Bonchev–Trinajstić information content (AvgIpc) is 3.03. The molecule has 0 fully saturated rings. The fourth-order valence-corrected chi connectivity index (χ4v) is 4.56. The summed E-state index contributed by atoms with van der Waals surface area (Å²) >= 11 is 0. The van der Waals surface area contributed by atoms with Crippen molar-refractivity contribution in [3.63, 3.8) is 0 Å². The van der Waals surface area contributed by atoms with Crippen LogP contribution < -0.4 is 15.0 Å². The first-order chi connectivity index (χ1) is 20.9. The SMILES string of the molecule is CCOC(=O)CCCCCOc1ncccc1N(C)C(=O)c1ccc(NC(=O)c2ccccc2-c2ccc(C)cc2)cc1. The number of benzene rings is 3. The van der Waals surface area contributed by atoms with Crippen LogP contribution in [-0.2, 0) is 9.53 Å². The highest BCUT2D eigenvalue weighted by Gasteiger charge is 2.19. The van der Waals surface area contributed by atoms with E-state index in [4.69, 9.17) is 9.47 Å². The lowest BCUT2D eigenvalue weighted by molar-refractivity contribution is -0.143. The van der Waals surface area contributed by atoms with Crippen LogP contribution in [0.5, 0.6) is 5.88 Å². The molecular weight excluding hydrogens is 542 g/mol. The normalized spacial score (nSPS) is 10.6. The van der Waals surface area contributed by atoms with E-state index >= 15 is 0 Å². The molecule has 0 unspecified atom stereocenters. The molecule has 1 aromatic heterocycles. The molecule has 8 heteroatoms. The van der Waals surface area contributed by atoms with Gasteiger partial charge in [-0.05, 0) is 86.7 Å². The summed E-state index contributed by atoms with van der Waals surface area (Å²) in [6, 6.07) is 25.9. The van der Waals surface area contributed by atoms with Crippen LogP contribution in [0.25, 0.3) is 11.1 Å². The van der Waals surface area contributed by atoms with E-state index in [0.717, 1.165) is 36.0 Å². The van der Waals surface area contributed by atoms with Gasteiger partial charge in [-0.1, -0.05) is 48.0 Å². The van der Waals surface area contributed by atoms with Crippen LogP contribution in [0.1, 0.15) is 58.9 Å². The lowest BCUT2D eigenvalue weighted by atomic mass is 9.98. The second-order valence-corrected chi connectivity index (χ2v) is 10.1. The molecular formula is C35H37N3O5. The van der Waals surface area contributed by atoms with Crippen molar-refractivity contribution < 1.29 is 23.9 Å². The summed E-state index contributed by atoms with van der Waals surface area (Å²) in [5.41, 5.74) is 5.11. The average molecular weight is 580 g/mol. The molecule has 4 rings (SSSR count). The van der Waals surface area contributed by atoms with Gasteiger partial charge in [0, 0.05) is 36.5 Å². The highest BCUT2D eigenvalue weighted by molar-refractivity contribution is 6.09. The molecule has 0 saturated heterocycles. The Bertz CT molecular complexity index is 1530. The van der Waals surface area contributed by atoms with Crippen molar-refractivity contribution >= 4 is 29.2 Å². The number of hydrogen-bond donors (Lipinski definition) is 1. The molecule has 222 valence electrons. The van der Waals surface area contributed by atoms with Gasteiger partial charge in [-0.25, -0.2) is 4.98 Å². The third-order valence-electron chi connectivity index (χ3n) is 6.91. The summed E-state index contributed by atoms with van der Waals surface area (Å²) < 4.78 is 10.8. The summed E-state index contributed by atoms with van der Waals surface area (Å²) in [4.78, 5) is 43.8. The quantitative estimate of drug-likeness (QED) is 0.134. The molecule has 1 heterocycles. The molecule has 4 aromatic rings. The number of unbranched alkanes of at least 4 members (excludes halogenated alkanes) is 2. The van der Waals surface area contributed by atoms with Gasteiger partial charge in [0.1, 0.15) is 5.69 Å². The Balaban J connectivity index is 1.36. The monoisotopic (exact) mass is 579 g/mol. The molecule has 0 aliphatic carbocycles. The lowest BCUT2D eigenvalue weighted by Crippen LogP contribution is -2.27. The van der Waals surface area contributed by atoms with Crippen molar-refractivity contribution in [1.29, 1.82) is 0 Å². The fraction of sp³-hybridized carbons (Fsp3) is 0.257. The number of carbonyl (C=O) groups is 3. The Morgan fingerprint density at radius 1 is 0.860 bits per heavy atom. The molecule has 0 saturated carbocycles. The Labute approximate surface area is 252 Å². The Hall–Kier alpha value is -4.98. The van der Waals surface area contributed by atoms with Crippen molar-refractivity contribution in [2.45, 2.75) is 39.5 Å². The molecule has 0 bridgehead atoms. The molecule has 0 atom stereocenters.